The highest BCUT2D eigenvalue weighted by Crippen LogP contribution is 2.49. The average Bonchev–Trinajstić information content (AvgIpc) is 3.56. The van der Waals surface area contributed by atoms with E-state index in [1.807, 2.05) is 6.07 Å². The van der Waals surface area contributed by atoms with E-state index in [1.54, 1.807) is 0 Å². The molecule has 9 rings (SSSR count). The highest BCUT2D eigenvalue weighted by atomic mass is 16.3. The summed E-state index contributed by atoms with van der Waals surface area (Å²) in [4.78, 5) is 2.40. The molecule has 0 spiro atoms. The molecule has 1 heterocycles. The van der Waals surface area contributed by atoms with Gasteiger partial charge in [0, 0.05) is 22.2 Å². The first kappa shape index (κ1) is 27.9. The van der Waals surface area contributed by atoms with Gasteiger partial charge in [-0.3, -0.25) is 0 Å². The SMILES string of the molecule is c1ccc(-c2ccccc2-c2ccccc2N(c2ccccc2)c2ccc(-c3cccc4ccccc34)c3oc4ccccc4c23)cc1. The molecule has 226 valence electrons. The Labute approximate surface area is 279 Å². The number of benzene rings is 8. The van der Waals surface area contributed by atoms with Crippen LogP contribution in [0.4, 0.5) is 17.1 Å². The quantitative estimate of drug-likeness (QED) is 0.185. The van der Waals surface area contributed by atoms with Gasteiger partial charge in [0.05, 0.1) is 16.8 Å². The van der Waals surface area contributed by atoms with Crippen LogP contribution in [0.2, 0.25) is 0 Å². The largest absolute Gasteiger partial charge is 0.455 e. The lowest BCUT2D eigenvalue weighted by molar-refractivity contribution is 0.670. The minimum Gasteiger partial charge on any atom is -0.455 e. The van der Waals surface area contributed by atoms with E-state index in [0.29, 0.717) is 0 Å². The molecule has 9 aromatic rings. The smallest absolute Gasteiger partial charge is 0.145 e. The van der Waals surface area contributed by atoms with Gasteiger partial charge in [-0.15, -0.1) is 0 Å². The van der Waals surface area contributed by atoms with Crippen LogP contribution in [0, 0.1) is 0 Å². The topological polar surface area (TPSA) is 16.4 Å². The van der Waals surface area contributed by atoms with Crippen molar-refractivity contribution in [1.29, 1.82) is 0 Å². The molecule has 0 aliphatic carbocycles. The van der Waals surface area contributed by atoms with Gasteiger partial charge in [0.2, 0.25) is 0 Å². The second kappa shape index (κ2) is 11.8. The number of hydrogen-bond acceptors (Lipinski definition) is 2. The van der Waals surface area contributed by atoms with Crippen molar-refractivity contribution in [1.82, 2.24) is 0 Å². The Morgan fingerprint density at radius 2 is 0.958 bits per heavy atom. The fourth-order valence-corrected chi connectivity index (χ4v) is 7.14. The maximum absolute atomic E-state index is 6.81. The van der Waals surface area contributed by atoms with Crippen molar-refractivity contribution < 1.29 is 4.42 Å². The van der Waals surface area contributed by atoms with Crippen molar-refractivity contribution >= 4 is 49.8 Å². The summed E-state index contributed by atoms with van der Waals surface area (Å²) in [6.07, 6.45) is 0. The van der Waals surface area contributed by atoms with Gasteiger partial charge in [-0.25, -0.2) is 0 Å². The van der Waals surface area contributed by atoms with Gasteiger partial charge >= 0.3 is 0 Å². The number of para-hydroxylation sites is 3. The first-order valence-electron chi connectivity index (χ1n) is 16.4. The third kappa shape index (κ3) is 4.66. The molecule has 0 atom stereocenters. The number of anilines is 3. The lowest BCUT2D eigenvalue weighted by Crippen LogP contribution is -2.11. The van der Waals surface area contributed by atoms with Crippen LogP contribution < -0.4 is 4.90 Å². The molecule has 48 heavy (non-hydrogen) atoms. The molecular formula is C46H31NO. The first-order chi connectivity index (χ1) is 23.8. The standard InChI is InChI=1S/C46H31NO/c1-3-16-32(17-4-1)35-23-9-10-24-37(35)39-25-11-13-28-42(39)47(34-20-5-2-6-21-34)43-31-30-40(38-27-15-19-33-18-7-8-22-36(33)38)46-45(43)41-26-12-14-29-44(41)48-46/h1-31H. The Bertz CT molecular complexity index is 2560. The Balaban J connectivity index is 1.35. The second-order valence-electron chi connectivity index (χ2n) is 12.1. The summed E-state index contributed by atoms with van der Waals surface area (Å²) < 4.78 is 6.81. The molecule has 0 radical (unpaired) electrons. The van der Waals surface area contributed by atoms with Crippen LogP contribution in [-0.4, -0.2) is 0 Å². The molecule has 8 aromatic carbocycles. The number of nitrogens with zero attached hydrogens (tertiary/aromatic N) is 1. The Kier molecular flexibility index (Phi) is 6.84. The van der Waals surface area contributed by atoms with Gasteiger partial charge in [0.15, 0.2) is 0 Å². The van der Waals surface area contributed by atoms with E-state index >= 15 is 0 Å². The lowest BCUT2D eigenvalue weighted by Gasteiger charge is -2.29. The van der Waals surface area contributed by atoms with Crippen LogP contribution in [0.3, 0.4) is 0 Å². The van der Waals surface area contributed by atoms with Gasteiger partial charge in [0.1, 0.15) is 11.2 Å². The Morgan fingerprint density at radius 3 is 1.79 bits per heavy atom. The molecule has 0 unspecified atom stereocenters. The minimum atomic E-state index is 0.872. The molecule has 0 saturated heterocycles. The van der Waals surface area contributed by atoms with Crippen LogP contribution in [0.5, 0.6) is 0 Å². The number of fused-ring (bicyclic) bond motifs is 4. The summed E-state index contributed by atoms with van der Waals surface area (Å²) in [5, 5.41) is 4.59. The van der Waals surface area contributed by atoms with E-state index in [0.717, 1.165) is 55.7 Å². The van der Waals surface area contributed by atoms with E-state index in [-0.39, 0.29) is 0 Å². The lowest BCUT2D eigenvalue weighted by atomic mass is 9.92. The van der Waals surface area contributed by atoms with Crippen LogP contribution in [0.15, 0.2) is 192 Å². The third-order valence-electron chi connectivity index (χ3n) is 9.29. The predicted molar refractivity (Wildman–Crippen MR) is 202 cm³/mol. The highest BCUT2D eigenvalue weighted by molar-refractivity contribution is 6.19. The maximum atomic E-state index is 6.81. The molecule has 0 aliphatic rings. The van der Waals surface area contributed by atoms with Gasteiger partial charge in [0.25, 0.3) is 0 Å². The molecule has 2 heteroatoms. The molecule has 0 bridgehead atoms. The summed E-state index contributed by atoms with van der Waals surface area (Å²) in [7, 11) is 0. The molecule has 0 saturated carbocycles. The van der Waals surface area contributed by atoms with Crippen molar-refractivity contribution in [2.45, 2.75) is 0 Å². The summed E-state index contributed by atoms with van der Waals surface area (Å²) in [6, 6.07) is 66.7. The zero-order valence-electron chi connectivity index (χ0n) is 26.3. The average molecular weight is 614 g/mol. The van der Waals surface area contributed by atoms with Crippen molar-refractivity contribution in [3.63, 3.8) is 0 Å². The maximum Gasteiger partial charge on any atom is 0.145 e. The summed E-state index contributed by atoms with van der Waals surface area (Å²) in [5.74, 6) is 0. The second-order valence-corrected chi connectivity index (χ2v) is 12.1. The number of furan rings is 1. The molecule has 0 N–H and O–H groups in total. The van der Waals surface area contributed by atoms with E-state index < -0.39 is 0 Å². The van der Waals surface area contributed by atoms with Crippen LogP contribution in [-0.2, 0) is 0 Å². The molecule has 2 nitrogen and oxygen atoms in total. The van der Waals surface area contributed by atoms with E-state index in [4.69, 9.17) is 4.42 Å². The Morgan fingerprint density at radius 1 is 0.354 bits per heavy atom. The van der Waals surface area contributed by atoms with Crippen molar-refractivity contribution in [2.24, 2.45) is 0 Å². The van der Waals surface area contributed by atoms with Crippen molar-refractivity contribution in [3.8, 4) is 33.4 Å². The molecule has 1 aromatic heterocycles. The third-order valence-corrected chi connectivity index (χ3v) is 9.29. The van der Waals surface area contributed by atoms with Crippen LogP contribution in [0.25, 0.3) is 66.1 Å². The Hall–Kier alpha value is -6.38. The van der Waals surface area contributed by atoms with Gasteiger partial charge in [-0.2, -0.15) is 0 Å². The molecular weight excluding hydrogens is 583 g/mol. The van der Waals surface area contributed by atoms with Crippen LogP contribution in [0.1, 0.15) is 0 Å². The predicted octanol–water partition coefficient (Wildman–Crippen LogP) is 13.2. The van der Waals surface area contributed by atoms with Crippen molar-refractivity contribution in [2.75, 3.05) is 4.90 Å². The highest BCUT2D eigenvalue weighted by Gasteiger charge is 2.24. The first-order valence-corrected chi connectivity index (χ1v) is 16.4. The van der Waals surface area contributed by atoms with Crippen LogP contribution >= 0.6 is 0 Å². The zero-order chi connectivity index (χ0) is 31.9. The summed E-state index contributed by atoms with van der Waals surface area (Å²) >= 11 is 0. The fourth-order valence-electron chi connectivity index (χ4n) is 7.14. The zero-order valence-corrected chi connectivity index (χ0v) is 26.3. The summed E-state index contributed by atoms with van der Waals surface area (Å²) in [6.45, 7) is 0. The number of rotatable bonds is 6. The molecule has 0 amide bonds. The normalized spacial score (nSPS) is 11.3. The van der Waals surface area contributed by atoms with Gasteiger partial charge in [-0.1, -0.05) is 152 Å². The summed E-state index contributed by atoms with van der Waals surface area (Å²) in [5.41, 5.74) is 12.0. The van der Waals surface area contributed by atoms with Gasteiger partial charge in [-0.05, 0) is 69.4 Å². The monoisotopic (exact) mass is 613 g/mol. The van der Waals surface area contributed by atoms with E-state index in [9.17, 15) is 0 Å². The van der Waals surface area contributed by atoms with E-state index in [2.05, 4.69) is 187 Å². The van der Waals surface area contributed by atoms with E-state index in [1.165, 1.54) is 27.5 Å². The number of hydrogen-bond donors (Lipinski definition) is 0. The molecule has 0 fully saturated rings. The molecule has 0 aliphatic heterocycles. The fraction of sp³-hybridized carbons (Fsp3) is 0. The minimum absolute atomic E-state index is 0.872. The van der Waals surface area contributed by atoms with Crippen molar-refractivity contribution in [3.05, 3.63) is 188 Å². The van der Waals surface area contributed by atoms with Gasteiger partial charge < -0.3 is 9.32 Å².